The van der Waals surface area contributed by atoms with Gasteiger partial charge in [0.15, 0.2) is 39.9 Å². The number of thioether (sulfide) groups is 1. The largest absolute Gasteiger partial charge is 0.493 e. The third kappa shape index (κ3) is 7.79. The van der Waals surface area contributed by atoms with Gasteiger partial charge in [-0.2, -0.15) is 8.78 Å². The molecular formula is C28H24F6N6O5S2. The average molecular weight is 703 g/mol. The summed E-state index contributed by atoms with van der Waals surface area (Å²) in [6, 6.07) is 1.05. The first-order valence-corrected chi connectivity index (χ1v) is 15.3. The van der Waals surface area contributed by atoms with Gasteiger partial charge in [-0.3, -0.25) is 13.8 Å². The van der Waals surface area contributed by atoms with Gasteiger partial charge in [0.2, 0.25) is 28.4 Å². The Balaban J connectivity index is 0.000000256. The molecule has 0 aliphatic heterocycles. The van der Waals surface area contributed by atoms with E-state index in [1.807, 2.05) is 6.92 Å². The number of hydrogen-bond acceptors (Lipinski definition) is 12. The van der Waals surface area contributed by atoms with Gasteiger partial charge in [0, 0.05) is 18.1 Å². The van der Waals surface area contributed by atoms with Crippen LogP contribution >= 0.6 is 11.8 Å². The van der Waals surface area contributed by atoms with E-state index in [0.29, 0.717) is 23.0 Å². The summed E-state index contributed by atoms with van der Waals surface area (Å²) >= 11 is 1.31. The molecule has 250 valence electrons. The second-order valence-corrected chi connectivity index (χ2v) is 11.6. The van der Waals surface area contributed by atoms with Crippen molar-refractivity contribution in [3.05, 3.63) is 81.7 Å². The van der Waals surface area contributed by atoms with Crippen molar-refractivity contribution in [3.63, 3.8) is 0 Å². The lowest BCUT2D eigenvalue weighted by Crippen LogP contribution is -2.13. The Labute approximate surface area is 269 Å². The van der Waals surface area contributed by atoms with Gasteiger partial charge in [-0.1, -0.05) is 25.6 Å². The summed E-state index contributed by atoms with van der Waals surface area (Å²) in [5.74, 6) is -12.6. The molecule has 1 unspecified atom stereocenters. The van der Waals surface area contributed by atoms with Crippen LogP contribution in [0.2, 0.25) is 0 Å². The number of ketones is 2. The van der Waals surface area contributed by atoms with Crippen LogP contribution in [0.1, 0.15) is 45.7 Å². The van der Waals surface area contributed by atoms with Crippen molar-refractivity contribution < 1.29 is 49.6 Å². The third-order valence-electron chi connectivity index (χ3n) is 5.95. The lowest BCUT2D eigenvalue weighted by molar-refractivity contribution is 0.102. The maximum absolute atomic E-state index is 13.7. The predicted octanol–water partition coefficient (Wildman–Crippen LogP) is 4.67. The van der Waals surface area contributed by atoms with E-state index in [2.05, 4.69) is 29.4 Å². The Morgan fingerprint density at radius 2 is 1.19 bits per heavy atom. The number of benzene rings is 2. The van der Waals surface area contributed by atoms with Crippen LogP contribution in [0.3, 0.4) is 0 Å². The average Bonchev–Trinajstić information content (AvgIpc) is 3.05. The highest BCUT2D eigenvalue weighted by molar-refractivity contribution is 7.99. The molecule has 0 radical (unpaired) electrons. The topological polar surface area (TPSA) is 173 Å². The van der Waals surface area contributed by atoms with E-state index < -0.39 is 79.9 Å². The number of ether oxygens (including phenoxy) is 2. The highest BCUT2D eigenvalue weighted by Crippen LogP contribution is 2.31. The Morgan fingerprint density at radius 1 is 0.745 bits per heavy atom. The van der Waals surface area contributed by atoms with Crippen molar-refractivity contribution in [3.8, 4) is 11.5 Å². The molecule has 0 saturated heterocycles. The van der Waals surface area contributed by atoms with Crippen LogP contribution in [-0.2, 0) is 10.8 Å². The summed E-state index contributed by atoms with van der Waals surface area (Å²) in [6.07, 6.45) is 2.15. The summed E-state index contributed by atoms with van der Waals surface area (Å²) in [7, 11) is 0.544. The second kappa shape index (κ2) is 15.7. The van der Waals surface area contributed by atoms with Gasteiger partial charge in [0.1, 0.15) is 11.6 Å². The van der Waals surface area contributed by atoms with Gasteiger partial charge in [0.05, 0.1) is 47.3 Å². The lowest BCUT2D eigenvalue weighted by Gasteiger charge is -2.11. The molecule has 4 rings (SSSR count). The fourth-order valence-electron chi connectivity index (χ4n) is 3.73. The van der Waals surface area contributed by atoms with E-state index in [1.54, 1.807) is 6.92 Å². The summed E-state index contributed by atoms with van der Waals surface area (Å²) in [5.41, 5.74) is 9.82. The zero-order valence-electron chi connectivity index (χ0n) is 24.8. The monoisotopic (exact) mass is 702 g/mol. The van der Waals surface area contributed by atoms with Gasteiger partial charge in [-0.05, 0) is 17.9 Å². The first-order valence-electron chi connectivity index (χ1n) is 13.0. The number of nitrogen functional groups attached to an aromatic ring is 2. The number of carbonyl (C=O) groups is 2. The van der Waals surface area contributed by atoms with E-state index in [1.165, 1.54) is 11.8 Å². The number of hydrogen-bond donors (Lipinski definition) is 2. The molecule has 0 bridgehead atoms. The molecule has 4 aromatic rings. The van der Waals surface area contributed by atoms with Gasteiger partial charge >= 0.3 is 0 Å². The van der Waals surface area contributed by atoms with Gasteiger partial charge in [-0.15, -0.1) is 0 Å². The van der Waals surface area contributed by atoms with Gasteiger partial charge in [-0.25, -0.2) is 37.5 Å². The van der Waals surface area contributed by atoms with E-state index in [9.17, 15) is 40.1 Å². The number of rotatable bonds is 10. The number of carbonyl (C=O) groups excluding carboxylic acids is 2. The molecule has 47 heavy (non-hydrogen) atoms. The second-order valence-electron chi connectivity index (χ2n) is 8.76. The standard InChI is InChI=1S/C14H12F3N3O3S.C14H12F3N3O2S/c1-3-24(22)14-19-5-7(13(18)20-14)11(21)6-4-8(15)9(16)10(17)12(6)23-2;1-3-23-14-19-5-7(13(18)20-14)11(21)6-4-8(15)9(16)10(17)12(6)22-2/h4-5H,3H2,1-2H3,(H2,18,19,20);4-5H,3H2,1-2H3,(H2,18,19,20). The third-order valence-corrected chi connectivity index (χ3v) is 7.83. The van der Waals surface area contributed by atoms with Crippen LogP contribution in [0.4, 0.5) is 38.0 Å². The maximum Gasteiger partial charge on any atom is 0.220 e. The number of halogens is 6. The molecule has 0 spiro atoms. The Kier molecular flexibility index (Phi) is 12.2. The quantitative estimate of drug-likeness (QED) is 0.0770. The van der Waals surface area contributed by atoms with E-state index in [-0.39, 0.29) is 33.7 Å². The Morgan fingerprint density at radius 3 is 1.57 bits per heavy atom. The van der Waals surface area contributed by atoms with Crippen LogP contribution in [0.15, 0.2) is 34.8 Å². The molecule has 2 aromatic heterocycles. The van der Waals surface area contributed by atoms with Crippen molar-refractivity contribution in [1.82, 2.24) is 19.9 Å². The van der Waals surface area contributed by atoms with Crippen LogP contribution < -0.4 is 20.9 Å². The first kappa shape index (κ1) is 36.7. The molecule has 0 fully saturated rings. The number of nitrogens with two attached hydrogens (primary N) is 2. The van der Waals surface area contributed by atoms with Crippen LogP contribution in [0, 0.1) is 34.9 Å². The summed E-state index contributed by atoms with van der Waals surface area (Å²) < 4.78 is 102. The summed E-state index contributed by atoms with van der Waals surface area (Å²) in [5, 5.41) is 0.292. The molecule has 0 amide bonds. The van der Waals surface area contributed by atoms with E-state index >= 15 is 0 Å². The molecule has 4 N–H and O–H groups in total. The number of methoxy groups -OCH3 is 2. The molecule has 0 aliphatic carbocycles. The first-order chi connectivity index (χ1) is 22.2. The summed E-state index contributed by atoms with van der Waals surface area (Å²) in [6.45, 7) is 3.53. The van der Waals surface area contributed by atoms with Crippen molar-refractivity contribution in [1.29, 1.82) is 0 Å². The van der Waals surface area contributed by atoms with Crippen LogP contribution in [-0.4, -0.2) is 61.4 Å². The minimum absolute atomic E-state index is 0.0741. The van der Waals surface area contributed by atoms with Crippen molar-refractivity contribution >= 4 is 45.8 Å². The number of anilines is 2. The predicted molar refractivity (Wildman–Crippen MR) is 159 cm³/mol. The van der Waals surface area contributed by atoms with Crippen molar-refractivity contribution in [2.24, 2.45) is 0 Å². The van der Waals surface area contributed by atoms with Crippen LogP contribution in [0.5, 0.6) is 11.5 Å². The van der Waals surface area contributed by atoms with Crippen molar-refractivity contribution in [2.75, 3.05) is 37.2 Å². The summed E-state index contributed by atoms with van der Waals surface area (Å²) in [4.78, 5) is 40.3. The number of nitrogens with zero attached hydrogens (tertiary/aromatic N) is 4. The molecule has 2 aromatic carbocycles. The highest BCUT2D eigenvalue weighted by atomic mass is 32.2. The molecule has 2 heterocycles. The van der Waals surface area contributed by atoms with E-state index in [4.69, 9.17) is 11.5 Å². The SMILES string of the molecule is CCS(=O)c1ncc(C(=O)c2cc(F)c(F)c(F)c2OC)c(N)n1.CCSc1ncc(C(=O)c2cc(F)c(F)c(F)c2OC)c(N)n1. The molecule has 0 aliphatic rings. The maximum atomic E-state index is 13.7. The zero-order valence-corrected chi connectivity index (χ0v) is 26.4. The van der Waals surface area contributed by atoms with Gasteiger partial charge in [0.25, 0.3) is 0 Å². The molecule has 19 heteroatoms. The fraction of sp³-hybridized carbons (Fsp3) is 0.214. The molecule has 1 atom stereocenters. The molecular weight excluding hydrogens is 678 g/mol. The van der Waals surface area contributed by atoms with Gasteiger partial charge < -0.3 is 20.9 Å². The molecule has 0 saturated carbocycles. The molecule has 11 nitrogen and oxygen atoms in total. The fourth-order valence-corrected chi connectivity index (χ4v) is 4.90. The van der Waals surface area contributed by atoms with Crippen molar-refractivity contribution in [2.45, 2.75) is 24.2 Å². The zero-order chi connectivity index (χ0) is 35.2. The Hall–Kier alpha value is -4.78. The smallest absolute Gasteiger partial charge is 0.220 e. The lowest BCUT2D eigenvalue weighted by atomic mass is 10.0. The van der Waals surface area contributed by atoms with Crippen LogP contribution in [0.25, 0.3) is 0 Å². The normalized spacial score (nSPS) is 11.4. The minimum Gasteiger partial charge on any atom is -0.493 e. The number of aromatic nitrogens is 4. The highest BCUT2D eigenvalue weighted by Gasteiger charge is 2.28. The van der Waals surface area contributed by atoms with E-state index in [0.717, 1.165) is 26.6 Å². The Bertz CT molecular complexity index is 1890. The minimum atomic E-state index is -1.76.